The van der Waals surface area contributed by atoms with Gasteiger partial charge in [0.2, 0.25) is 0 Å². The van der Waals surface area contributed by atoms with Gasteiger partial charge in [0.15, 0.2) is 6.10 Å². The van der Waals surface area contributed by atoms with Gasteiger partial charge in [0.05, 0.1) is 13.2 Å². The minimum Gasteiger partial charge on any atom is -0.462 e. The summed E-state index contributed by atoms with van der Waals surface area (Å²) in [5.41, 5.74) is 5.41. The summed E-state index contributed by atoms with van der Waals surface area (Å²) in [5, 5.41) is 0. The maximum Gasteiger partial charge on any atom is 0.472 e. The summed E-state index contributed by atoms with van der Waals surface area (Å²) in [6.45, 7) is 3.53. The molecule has 0 aromatic carbocycles. The van der Waals surface area contributed by atoms with Crippen molar-refractivity contribution in [3.63, 3.8) is 0 Å². The molecule has 0 bridgehead atoms. The number of unbranched alkanes of at least 4 members (excludes halogenated alkanes) is 29. The zero-order chi connectivity index (χ0) is 65.8. The molecule has 518 valence electrons. The lowest BCUT2D eigenvalue weighted by Crippen LogP contribution is -2.29. The molecule has 0 rings (SSSR count). The van der Waals surface area contributed by atoms with E-state index in [4.69, 9.17) is 24.3 Å². The molecule has 3 N–H and O–H groups in total. The molecule has 0 radical (unpaired) electrons. The summed E-state index contributed by atoms with van der Waals surface area (Å²) in [4.78, 5) is 35.4. The molecule has 2 unspecified atom stereocenters. The van der Waals surface area contributed by atoms with Crippen molar-refractivity contribution < 1.29 is 37.6 Å². The molecule has 9 nitrogen and oxygen atoms in total. The van der Waals surface area contributed by atoms with Crippen molar-refractivity contribution >= 4 is 19.8 Å². The van der Waals surface area contributed by atoms with Crippen LogP contribution in [-0.2, 0) is 32.7 Å². The van der Waals surface area contributed by atoms with Gasteiger partial charge in [0.25, 0.3) is 0 Å². The molecule has 0 spiro atoms. The van der Waals surface area contributed by atoms with Gasteiger partial charge in [-0.3, -0.25) is 18.6 Å². The highest BCUT2D eigenvalue weighted by molar-refractivity contribution is 7.47. The number of phosphoric ester groups is 1. The molecule has 0 aliphatic heterocycles. The Labute approximate surface area is 559 Å². The van der Waals surface area contributed by atoms with Crippen LogP contribution in [0.15, 0.2) is 158 Å². The highest BCUT2D eigenvalue weighted by Crippen LogP contribution is 2.43. The largest absolute Gasteiger partial charge is 0.472 e. The molecule has 0 amide bonds. The van der Waals surface area contributed by atoms with Crippen LogP contribution in [0, 0.1) is 0 Å². The topological polar surface area (TPSA) is 134 Å². The Morgan fingerprint density at radius 3 is 0.846 bits per heavy atom. The fourth-order valence-corrected chi connectivity index (χ4v) is 10.8. The van der Waals surface area contributed by atoms with Crippen molar-refractivity contribution in [3.05, 3.63) is 158 Å². The highest BCUT2D eigenvalue weighted by Gasteiger charge is 2.26. The molecule has 0 fully saturated rings. The van der Waals surface area contributed by atoms with Crippen LogP contribution in [0.4, 0.5) is 0 Å². The summed E-state index contributed by atoms with van der Waals surface area (Å²) in [5.74, 6) is -0.833. The molecule has 0 saturated carbocycles. The molecule has 10 heteroatoms. The molecule has 0 aliphatic rings. The third-order valence-electron chi connectivity index (χ3n) is 15.4. The third-order valence-corrected chi connectivity index (χ3v) is 16.4. The van der Waals surface area contributed by atoms with Gasteiger partial charge >= 0.3 is 19.8 Å². The quantitative estimate of drug-likeness (QED) is 0.0264. The van der Waals surface area contributed by atoms with Gasteiger partial charge < -0.3 is 20.1 Å². The number of rotatable bonds is 68. The average molecular weight is 1280 g/mol. The molecular formula is C81H136NO8P. The minimum absolute atomic E-state index is 0.0466. The Bertz CT molecular complexity index is 2050. The zero-order valence-corrected chi connectivity index (χ0v) is 59.2. The van der Waals surface area contributed by atoms with E-state index in [-0.39, 0.29) is 38.6 Å². The number of hydrogen-bond acceptors (Lipinski definition) is 8. The van der Waals surface area contributed by atoms with E-state index in [9.17, 15) is 19.0 Å². The van der Waals surface area contributed by atoms with Gasteiger partial charge in [0, 0.05) is 19.4 Å². The molecule has 0 aliphatic carbocycles. The molecule has 0 saturated heterocycles. The number of esters is 2. The predicted octanol–water partition coefficient (Wildman–Crippen LogP) is 24.7. The van der Waals surface area contributed by atoms with Gasteiger partial charge in [-0.15, -0.1) is 0 Å². The van der Waals surface area contributed by atoms with Gasteiger partial charge in [-0.2, -0.15) is 0 Å². The van der Waals surface area contributed by atoms with E-state index >= 15 is 0 Å². The van der Waals surface area contributed by atoms with E-state index in [1.807, 2.05) is 0 Å². The van der Waals surface area contributed by atoms with E-state index in [0.717, 1.165) is 128 Å². The molecule has 0 aromatic rings. The smallest absolute Gasteiger partial charge is 0.462 e. The van der Waals surface area contributed by atoms with Crippen LogP contribution in [0.25, 0.3) is 0 Å². The fourth-order valence-electron chi connectivity index (χ4n) is 10.0. The van der Waals surface area contributed by atoms with Gasteiger partial charge in [-0.1, -0.05) is 332 Å². The lowest BCUT2D eigenvalue weighted by Gasteiger charge is -2.19. The summed E-state index contributed by atoms with van der Waals surface area (Å²) in [7, 11) is -4.41. The van der Waals surface area contributed by atoms with Gasteiger partial charge in [0.1, 0.15) is 6.61 Å². The molecule has 91 heavy (non-hydrogen) atoms. The standard InChI is InChI=1S/C81H136NO8P/c1-3-5-7-9-11-13-15-17-19-21-23-25-27-29-31-33-35-37-38-39-40-42-44-46-48-50-52-54-56-58-60-62-64-66-68-70-72-74-81(84)90-79(78-89-91(85,86)88-76-75-82)77-87-80(83)73-71-69-67-65-63-61-59-57-55-53-51-49-47-45-43-41-36-34-32-30-28-26-24-22-20-18-16-14-12-10-8-6-4-2/h5-8,11-14,17-20,23-26,29,31,35,37,39-40,44,46,50,52,79H,3-4,9-10,15-16,21-22,27-28,30,32-34,36,38,41-43,45,47-49,51,53-78,82H2,1-2H3,(H,85,86)/b7-5-,8-6-,13-11-,14-12-,19-17-,20-18-,25-23-,26-24-,31-29-,37-35-,40-39-,46-44-,52-50-. The number of nitrogens with two attached hydrogens (primary N) is 1. The van der Waals surface area contributed by atoms with Gasteiger partial charge in [-0.25, -0.2) is 4.57 Å². The van der Waals surface area contributed by atoms with E-state index < -0.39 is 26.5 Å². The molecule has 2 atom stereocenters. The fraction of sp³-hybridized carbons (Fsp3) is 0.654. The summed E-state index contributed by atoms with van der Waals surface area (Å²) < 4.78 is 33.2. The summed E-state index contributed by atoms with van der Waals surface area (Å²) in [6.07, 6.45) is 109. The normalized spacial score (nSPS) is 13.8. The third kappa shape index (κ3) is 74.5. The van der Waals surface area contributed by atoms with Crippen LogP contribution in [0.2, 0.25) is 0 Å². The second kappa shape index (κ2) is 74.7. The Kier molecular flexibility index (Phi) is 71.1. The monoisotopic (exact) mass is 1280 g/mol. The average Bonchev–Trinajstić information content (AvgIpc) is 3.74. The molecule has 0 aromatic heterocycles. The van der Waals surface area contributed by atoms with Crippen molar-refractivity contribution in [1.82, 2.24) is 0 Å². The number of allylic oxidation sites excluding steroid dienone is 26. The van der Waals surface area contributed by atoms with Crippen LogP contribution in [-0.4, -0.2) is 49.3 Å². The lowest BCUT2D eigenvalue weighted by atomic mass is 10.0. The first-order chi connectivity index (χ1) is 44.8. The number of carbonyl (C=O) groups excluding carboxylic acids is 2. The van der Waals surface area contributed by atoms with E-state index in [2.05, 4.69) is 172 Å². The van der Waals surface area contributed by atoms with Crippen LogP contribution in [0.1, 0.15) is 309 Å². The Morgan fingerprint density at radius 1 is 0.330 bits per heavy atom. The first kappa shape index (κ1) is 86.6. The van der Waals surface area contributed by atoms with Crippen molar-refractivity contribution in [2.24, 2.45) is 5.73 Å². The minimum atomic E-state index is -4.41. The zero-order valence-electron chi connectivity index (χ0n) is 58.3. The Hall–Kier alpha value is -4.37. The molecule has 0 heterocycles. The highest BCUT2D eigenvalue weighted by atomic mass is 31.2. The van der Waals surface area contributed by atoms with E-state index in [1.54, 1.807) is 0 Å². The number of phosphoric acid groups is 1. The Morgan fingerprint density at radius 2 is 0.571 bits per heavy atom. The van der Waals surface area contributed by atoms with Crippen molar-refractivity contribution in [1.29, 1.82) is 0 Å². The lowest BCUT2D eigenvalue weighted by molar-refractivity contribution is -0.161. The predicted molar refractivity (Wildman–Crippen MR) is 394 cm³/mol. The van der Waals surface area contributed by atoms with Crippen LogP contribution < -0.4 is 5.73 Å². The first-order valence-electron chi connectivity index (χ1n) is 37.0. The number of carbonyl (C=O) groups is 2. The Balaban J connectivity index is 3.91. The van der Waals surface area contributed by atoms with Crippen LogP contribution >= 0.6 is 7.82 Å². The molecular weight excluding hydrogens is 1150 g/mol. The summed E-state index contributed by atoms with van der Waals surface area (Å²) in [6, 6.07) is 0. The van der Waals surface area contributed by atoms with Crippen molar-refractivity contribution in [2.75, 3.05) is 26.4 Å². The SMILES string of the molecule is CC/C=C\C/C=C\C/C=C\C/C=C\C/C=C\C/C=C\C/C=C\C/C=C\C/C=C\CCCCCCCCCCCC(=O)OC(COC(=O)CCCCCCCCCCCCCCCCCCCCCC/C=C\C/C=C\C/C=C\C/C=C\CC)COP(=O)(O)OCCN. The number of hydrogen-bond donors (Lipinski definition) is 2. The maximum atomic E-state index is 12.8. The van der Waals surface area contributed by atoms with Crippen LogP contribution in [0.5, 0.6) is 0 Å². The van der Waals surface area contributed by atoms with Crippen molar-refractivity contribution in [2.45, 2.75) is 315 Å². The second-order valence-corrected chi connectivity index (χ2v) is 25.5. The maximum absolute atomic E-state index is 12.8. The van der Waals surface area contributed by atoms with Gasteiger partial charge in [-0.05, 0) is 122 Å². The first-order valence-corrected chi connectivity index (χ1v) is 38.5. The van der Waals surface area contributed by atoms with Crippen molar-refractivity contribution in [3.8, 4) is 0 Å². The number of ether oxygens (including phenoxy) is 2. The second-order valence-electron chi connectivity index (χ2n) is 24.0. The van der Waals surface area contributed by atoms with E-state index in [0.29, 0.717) is 6.42 Å². The summed E-state index contributed by atoms with van der Waals surface area (Å²) >= 11 is 0. The van der Waals surface area contributed by atoms with Crippen LogP contribution in [0.3, 0.4) is 0 Å². The van der Waals surface area contributed by atoms with E-state index in [1.165, 1.54) is 148 Å².